The summed E-state index contributed by atoms with van der Waals surface area (Å²) in [5.74, 6) is -0.628. The third kappa shape index (κ3) is 9.30. The van der Waals surface area contributed by atoms with Crippen LogP contribution in [0.4, 0.5) is 0 Å². The summed E-state index contributed by atoms with van der Waals surface area (Å²) < 4.78 is 10.2. The van der Waals surface area contributed by atoms with Gasteiger partial charge in [-0.3, -0.25) is 9.59 Å². The number of ether oxygens (including phenoxy) is 2. The van der Waals surface area contributed by atoms with Crippen molar-refractivity contribution >= 4 is 23.7 Å². The maximum absolute atomic E-state index is 11.7. The second-order valence-electron chi connectivity index (χ2n) is 5.51. The van der Waals surface area contributed by atoms with Crippen LogP contribution in [0.15, 0.2) is 0 Å². The molecule has 0 aliphatic carbocycles. The topological polar surface area (TPSA) is 72.8 Å². The first-order chi connectivity index (χ1) is 10.4. The van der Waals surface area contributed by atoms with Crippen LogP contribution in [0.3, 0.4) is 0 Å². The Labute approximate surface area is 138 Å². The fourth-order valence-electron chi connectivity index (χ4n) is 2.06. The molecule has 0 spiro atoms. The number of carboxylic acids is 1. The van der Waals surface area contributed by atoms with Gasteiger partial charge in [-0.1, -0.05) is 19.8 Å². The van der Waals surface area contributed by atoms with Gasteiger partial charge in [0.15, 0.2) is 0 Å². The molecule has 0 aromatic rings. The van der Waals surface area contributed by atoms with Crippen LogP contribution >= 0.6 is 11.8 Å². The van der Waals surface area contributed by atoms with Crippen molar-refractivity contribution in [1.29, 1.82) is 0 Å². The molecule has 0 amide bonds. The molecule has 5 nitrogen and oxygen atoms in total. The minimum atomic E-state index is -0.950. The molecule has 1 fully saturated rings. The molecule has 2 unspecified atom stereocenters. The predicted octanol–water partition coefficient (Wildman–Crippen LogP) is 3.50. The van der Waals surface area contributed by atoms with Crippen molar-refractivity contribution in [3.8, 4) is 0 Å². The largest absolute Gasteiger partial charge is 0.481 e. The summed E-state index contributed by atoms with van der Waals surface area (Å²) >= 11 is 1.41. The van der Waals surface area contributed by atoms with E-state index in [0.29, 0.717) is 5.75 Å². The second-order valence-corrected chi connectivity index (χ2v) is 6.70. The van der Waals surface area contributed by atoms with Gasteiger partial charge in [-0.2, -0.15) is 0 Å². The number of aliphatic carboxylic acids is 1. The highest BCUT2D eigenvalue weighted by atomic mass is 32.2. The molecule has 0 saturated carbocycles. The lowest BCUT2D eigenvalue weighted by molar-refractivity contribution is -0.159. The van der Waals surface area contributed by atoms with Gasteiger partial charge < -0.3 is 14.6 Å². The number of hydrogen-bond donors (Lipinski definition) is 1. The van der Waals surface area contributed by atoms with Gasteiger partial charge in [-0.15, -0.1) is 11.8 Å². The molecule has 1 aliphatic heterocycles. The highest BCUT2D eigenvalue weighted by Gasteiger charge is 2.39. The van der Waals surface area contributed by atoms with E-state index in [9.17, 15) is 9.59 Å². The van der Waals surface area contributed by atoms with E-state index >= 15 is 0 Å². The Hall–Kier alpha value is -0.750. The fraction of sp³-hybridized carbons (Fsp3) is 0.875. The average Bonchev–Trinajstić information content (AvgIpc) is 2.44. The predicted molar refractivity (Wildman–Crippen MR) is 89.3 cm³/mol. The Bertz CT molecular complexity index is 332. The van der Waals surface area contributed by atoms with Gasteiger partial charge in [-0.25, -0.2) is 0 Å². The third-order valence-corrected chi connectivity index (χ3v) is 4.82. The maximum atomic E-state index is 11.7. The molecular formula is C16H30O5S. The summed E-state index contributed by atoms with van der Waals surface area (Å²) in [6.07, 6.45) is 4.04. The fourth-order valence-corrected chi connectivity index (χ4v) is 3.26. The quantitative estimate of drug-likeness (QED) is 0.541. The third-order valence-electron chi connectivity index (χ3n) is 3.28. The Kier molecular flexibility index (Phi) is 11.4. The lowest BCUT2D eigenvalue weighted by atomic mass is 10.00. The molecule has 22 heavy (non-hydrogen) atoms. The SMILES string of the molecule is CCCCCC1(C)CSC(CC(=O)O)C(=O)O1.CCOCC. The summed E-state index contributed by atoms with van der Waals surface area (Å²) in [7, 11) is 0. The van der Waals surface area contributed by atoms with Crippen LogP contribution in [-0.4, -0.2) is 46.9 Å². The van der Waals surface area contributed by atoms with Crippen molar-refractivity contribution in [2.24, 2.45) is 0 Å². The molecule has 0 radical (unpaired) electrons. The molecule has 130 valence electrons. The molecule has 6 heteroatoms. The molecule has 1 saturated heterocycles. The molecule has 0 aromatic carbocycles. The Morgan fingerprint density at radius 1 is 1.36 bits per heavy atom. The van der Waals surface area contributed by atoms with Crippen LogP contribution in [-0.2, 0) is 19.1 Å². The van der Waals surface area contributed by atoms with Crippen molar-refractivity contribution in [2.45, 2.75) is 70.7 Å². The van der Waals surface area contributed by atoms with Crippen LogP contribution in [0.25, 0.3) is 0 Å². The van der Waals surface area contributed by atoms with Crippen molar-refractivity contribution in [3.05, 3.63) is 0 Å². The summed E-state index contributed by atoms with van der Waals surface area (Å²) in [5, 5.41) is 8.13. The Balaban J connectivity index is 0.000000763. The first-order valence-electron chi connectivity index (χ1n) is 8.02. The first-order valence-corrected chi connectivity index (χ1v) is 9.07. The minimum Gasteiger partial charge on any atom is -0.481 e. The second kappa shape index (κ2) is 11.8. The van der Waals surface area contributed by atoms with Crippen LogP contribution in [0, 0.1) is 0 Å². The van der Waals surface area contributed by atoms with E-state index in [-0.39, 0.29) is 12.4 Å². The number of esters is 1. The number of thioether (sulfide) groups is 1. The van der Waals surface area contributed by atoms with Crippen molar-refractivity contribution in [3.63, 3.8) is 0 Å². The Morgan fingerprint density at radius 2 is 2.00 bits per heavy atom. The maximum Gasteiger partial charge on any atom is 0.320 e. The van der Waals surface area contributed by atoms with E-state index in [0.717, 1.165) is 38.9 Å². The molecule has 0 aromatic heterocycles. The van der Waals surface area contributed by atoms with Crippen molar-refractivity contribution in [1.82, 2.24) is 0 Å². The monoisotopic (exact) mass is 334 g/mol. The molecule has 1 rings (SSSR count). The van der Waals surface area contributed by atoms with Crippen LogP contribution in [0.5, 0.6) is 0 Å². The molecule has 1 heterocycles. The molecule has 0 bridgehead atoms. The number of carboxylic acid groups (broad SMARTS) is 1. The average molecular weight is 334 g/mol. The van der Waals surface area contributed by atoms with Crippen LogP contribution < -0.4 is 0 Å². The normalized spacial score (nSPS) is 24.2. The van der Waals surface area contributed by atoms with E-state index in [1.165, 1.54) is 11.8 Å². The number of carbonyl (C=O) groups excluding carboxylic acids is 1. The minimum absolute atomic E-state index is 0.144. The van der Waals surface area contributed by atoms with Crippen molar-refractivity contribution < 1.29 is 24.2 Å². The zero-order valence-corrected chi connectivity index (χ0v) is 15.0. The molecular weight excluding hydrogens is 304 g/mol. The standard InChI is InChI=1S/C12H20O4S.C4H10O/c1-3-4-5-6-12(2)8-17-9(7-10(13)14)11(15)16-12;1-3-5-4-2/h9H,3-8H2,1-2H3,(H,13,14);3-4H2,1-2H3. The van der Waals surface area contributed by atoms with E-state index < -0.39 is 16.8 Å². The highest BCUT2D eigenvalue weighted by molar-refractivity contribution is 8.00. The Morgan fingerprint density at radius 3 is 2.41 bits per heavy atom. The van der Waals surface area contributed by atoms with E-state index in [1.807, 2.05) is 20.8 Å². The molecule has 1 N–H and O–H groups in total. The molecule has 1 aliphatic rings. The van der Waals surface area contributed by atoms with Crippen molar-refractivity contribution in [2.75, 3.05) is 19.0 Å². The van der Waals surface area contributed by atoms with E-state index in [1.54, 1.807) is 0 Å². The highest BCUT2D eigenvalue weighted by Crippen LogP contribution is 2.34. The number of rotatable bonds is 8. The summed E-state index contributed by atoms with van der Waals surface area (Å²) in [5.41, 5.74) is -0.411. The first kappa shape index (κ1) is 21.2. The number of carbonyl (C=O) groups is 2. The zero-order chi connectivity index (χ0) is 17.0. The molecule has 2 atom stereocenters. The van der Waals surface area contributed by atoms with Gasteiger partial charge in [0.05, 0.1) is 6.42 Å². The van der Waals surface area contributed by atoms with E-state index in [4.69, 9.17) is 14.6 Å². The van der Waals surface area contributed by atoms with Crippen LogP contribution in [0.2, 0.25) is 0 Å². The summed E-state index contributed by atoms with van der Waals surface area (Å²) in [4.78, 5) is 22.2. The van der Waals surface area contributed by atoms with Gasteiger partial charge >= 0.3 is 11.9 Å². The van der Waals surface area contributed by atoms with Gasteiger partial charge in [-0.05, 0) is 33.6 Å². The number of unbranched alkanes of at least 4 members (excludes halogenated alkanes) is 2. The van der Waals surface area contributed by atoms with Crippen LogP contribution in [0.1, 0.15) is 59.8 Å². The van der Waals surface area contributed by atoms with Gasteiger partial charge in [0.25, 0.3) is 0 Å². The summed E-state index contributed by atoms with van der Waals surface area (Å²) in [6, 6.07) is 0. The zero-order valence-electron chi connectivity index (χ0n) is 14.2. The van der Waals surface area contributed by atoms with E-state index in [2.05, 4.69) is 6.92 Å². The van der Waals surface area contributed by atoms with Gasteiger partial charge in [0, 0.05) is 19.0 Å². The van der Waals surface area contributed by atoms with Gasteiger partial charge in [0.2, 0.25) is 0 Å². The lowest BCUT2D eigenvalue weighted by Crippen LogP contribution is -2.43. The number of cyclic esters (lactones) is 1. The summed E-state index contributed by atoms with van der Waals surface area (Å²) in [6.45, 7) is 9.73. The number of hydrogen-bond acceptors (Lipinski definition) is 5. The smallest absolute Gasteiger partial charge is 0.320 e. The van der Waals surface area contributed by atoms with Gasteiger partial charge in [0.1, 0.15) is 10.9 Å². The lowest BCUT2D eigenvalue weighted by Gasteiger charge is -2.36.